The summed E-state index contributed by atoms with van der Waals surface area (Å²) in [6.45, 7) is 4.71. The normalized spacial score (nSPS) is 23.7. The van der Waals surface area contributed by atoms with Gasteiger partial charge in [0.2, 0.25) is 5.91 Å². The lowest BCUT2D eigenvalue weighted by molar-refractivity contribution is -0.128. The molecular formula is C11H18N2O2. The van der Waals surface area contributed by atoms with E-state index in [2.05, 4.69) is 0 Å². The molecular weight excluding hydrogens is 192 g/mol. The van der Waals surface area contributed by atoms with Gasteiger partial charge in [-0.2, -0.15) is 0 Å². The van der Waals surface area contributed by atoms with Crippen molar-refractivity contribution in [2.45, 2.75) is 51.6 Å². The summed E-state index contributed by atoms with van der Waals surface area (Å²) >= 11 is 0. The first-order chi connectivity index (χ1) is 7.11. The second kappa shape index (κ2) is 3.83. The molecule has 1 aliphatic heterocycles. The first-order valence-corrected chi connectivity index (χ1v) is 5.74. The standard InChI is InChI=1S/C11H18N2O2/c1-8(2)12-7-3-4-10(14)13(11(12)15)9-5-6-9/h8-9H,3-7H2,1-2H3. The van der Waals surface area contributed by atoms with E-state index in [9.17, 15) is 9.59 Å². The van der Waals surface area contributed by atoms with Crippen molar-refractivity contribution in [2.24, 2.45) is 0 Å². The molecule has 2 rings (SSSR count). The summed E-state index contributed by atoms with van der Waals surface area (Å²) in [5.74, 6) is 0.0191. The maximum Gasteiger partial charge on any atom is 0.327 e. The van der Waals surface area contributed by atoms with Crippen LogP contribution >= 0.6 is 0 Å². The lowest BCUT2D eigenvalue weighted by atomic mass is 10.2. The van der Waals surface area contributed by atoms with Crippen LogP contribution in [0.25, 0.3) is 0 Å². The molecule has 0 unspecified atom stereocenters. The zero-order valence-corrected chi connectivity index (χ0v) is 9.40. The van der Waals surface area contributed by atoms with Gasteiger partial charge in [-0.25, -0.2) is 4.79 Å². The topological polar surface area (TPSA) is 40.6 Å². The van der Waals surface area contributed by atoms with E-state index in [4.69, 9.17) is 0 Å². The van der Waals surface area contributed by atoms with Crippen LogP contribution in [-0.4, -0.2) is 40.4 Å². The fourth-order valence-corrected chi connectivity index (χ4v) is 2.03. The minimum atomic E-state index is -0.0741. The molecule has 0 atom stereocenters. The predicted octanol–water partition coefficient (Wildman–Crippen LogP) is 1.60. The summed E-state index contributed by atoms with van der Waals surface area (Å²) in [5.41, 5.74) is 0. The van der Waals surface area contributed by atoms with Crippen LogP contribution < -0.4 is 0 Å². The molecule has 0 radical (unpaired) electrons. The Hall–Kier alpha value is -1.06. The second-order valence-electron chi connectivity index (χ2n) is 4.67. The molecule has 0 aromatic carbocycles. The molecule has 0 aromatic heterocycles. The van der Waals surface area contributed by atoms with Gasteiger partial charge in [0.25, 0.3) is 0 Å². The van der Waals surface area contributed by atoms with E-state index in [1.165, 1.54) is 4.90 Å². The monoisotopic (exact) mass is 210 g/mol. The van der Waals surface area contributed by atoms with Crippen LogP contribution in [0, 0.1) is 0 Å². The summed E-state index contributed by atoms with van der Waals surface area (Å²) in [5, 5.41) is 0. The smallest absolute Gasteiger partial charge is 0.322 e. The number of hydrogen-bond donors (Lipinski definition) is 0. The molecule has 84 valence electrons. The Morgan fingerprint density at radius 3 is 2.47 bits per heavy atom. The molecule has 0 aromatic rings. The molecule has 1 saturated heterocycles. The number of amides is 3. The van der Waals surface area contributed by atoms with E-state index in [1.54, 1.807) is 0 Å². The summed E-state index contributed by atoms with van der Waals surface area (Å²) in [4.78, 5) is 27.2. The van der Waals surface area contributed by atoms with Gasteiger partial charge in [-0.05, 0) is 33.1 Å². The number of nitrogens with zero attached hydrogens (tertiary/aromatic N) is 2. The molecule has 1 saturated carbocycles. The summed E-state index contributed by atoms with van der Waals surface area (Å²) in [6, 6.07) is 0.309. The van der Waals surface area contributed by atoms with Crippen LogP contribution in [0.5, 0.6) is 0 Å². The van der Waals surface area contributed by atoms with Crippen molar-refractivity contribution in [1.29, 1.82) is 0 Å². The molecule has 1 heterocycles. The van der Waals surface area contributed by atoms with Gasteiger partial charge in [-0.3, -0.25) is 9.69 Å². The highest BCUT2D eigenvalue weighted by molar-refractivity contribution is 5.96. The summed E-state index contributed by atoms with van der Waals surface area (Å²) < 4.78 is 0. The van der Waals surface area contributed by atoms with Crippen LogP contribution in [0.4, 0.5) is 4.79 Å². The number of rotatable bonds is 2. The van der Waals surface area contributed by atoms with Gasteiger partial charge in [-0.15, -0.1) is 0 Å². The van der Waals surface area contributed by atoms with E-state index in [0.29, 0.717) is 13.0 Å². The fourth-order valence-electron chi connectivity index (χ4n) is 2.03. The zero-order valence-electron chi connectivity index (χ0n) is 9.40. The van der Waals surface area contributed by atoms with E-state index in [1.807, 2.05) is 18.7 Å². The van der Waals surface area contributed by atoms with Gasteiger partial charge in [0.1, 0.15) is 0 Å². The molecule has 2 fully saturated rings. The van der Waals surface area contributed by atoms with Crippen molar-refractivity contribution in [2.75, 3.05) is 6.54 Å². The molecule has 0 N–H and O–H groups in total. The number of hydrogen-bond acceptors (Lipinski definition) is 2. The lowest BCUT2D eigenvalue weighted by Gasteiger charge is -2.29. The van der Waals surface area contributed by atoms with Crippen molar-refractivity contribution in [1.82, 2.24) is 9.80 Å². The Bertz CT molecular complexity index is 284. The van der Waals surface area contributed by atoms with Gasteiger partial charge < -0.3 is 4.90 Å². The van der Waals surface area contributed by atoms with Crippen molar-refractivity contribution in [3.05, 3.63) is 0 Å². The van der Waals surface area contributed by atoms with Gasteiger partial charge in [0, 0.05) is 25.0 Å². The van der Waals surface area contributed by atoms with Crippen LogP contribution in [0.2, 0.25) is 0 Å². The zero-order chi connectivity index (χ0) is 11.0. The lowest BCUT2D eigenvalue weighted by Crippen LogP contribution is -2.47. The van der Waals surface area contributed by atoms with Crippen LogP contribution in [0.1, 0.15) is 39.5 Å². The minimum absolute atomic E-state index is 0.0191. The molecule has 2 aliphatic rings. The van der Waals surface area contributed by atoms with Crippen molar-refractivity contribution >= 4 is 11.9 Å². The first kappa shape index (κ1) is 10.5. The average Bonchev–Trinajstić information content (AvgIpc) is 2.94. The van der Waals surface area contributed by atoms with E-state index < -0.39 is 0 Å². The number of urea groups is 1. The van der Waals surface area contributed by atoms with Gasteiger partial charge >= 0.3 is 6.03 Å². The molecule has 1 aliphatic carbocycles. The highest BCUT2D eigenvalue weighted by atomic mass is 16.2. The highest BCUT2D eigenvalue weighted by Crippen LogP contribution is 2.30. The van der Waals surface area contributed by atoms with Crippen LogP contribution in [0.15, 0.2) is 0 Å². The predicted molar refractivity (Wildman–Crippen MR) is 56.3 cm³/mol. The molecule has 15 heavy (non-hydrogen) atoms. The molecule has 0 spiro atoms. The van der Waals surface area contributed by atoms with Crippen LogP contribution in [0.3, 0.4) is 0 Å². The Morgan fingerprint density at radius 1 is 1.27 bits per heavy atom. The van der Waals surface area contributed by atoms with Crippen LogP contribution in [-0.2, 0) is 4.79 Å². The third kappa shape index (κ3) is 1.98. The van der Waals surface area contributed by atoms with E-state index in [0.717, 1.165) is 19.3 Å². The quantitative estimate of drug-likeness (QED) is 0.694. The molecule has 0 bridgehead atoms. The van der Waals surface area contributed by atoms with Crippen molar-refractivity contribution in [3.63, 3.8) is 0 Å². The summed E-state index contributed by atoms with van der Waals surface area (Å²) in [7, 11) is 0. The number of carbonyl (C=O) groups excluding carboxylic acids is 2. The average molecular weight is 210 g/mol. The molecule has 4 heteroatoms. The van der Waals surface area contributed by atoms with E-state index >= 15 is 0 Å². The van der Waals surface area contributed by atoms with Gasteiger partial charge in [-0.1, -0.05) is 0 Å². The molecule has 4 nitrogen and oxygen atoms in total. The van der Waals surface area contributed by atoms with E-state index in [-0.39, 0.29) is 24.0 Å². The second-order valence-corrected chi connectivity index (χ2v) is 4.67. The van der Waals surface area contributed by atoms with Gasteiger partial charge in [0.05, 0.1) is 0 Å². The number of carbonyl (C=O) groups is 2. The third-order valence-electron chi connectivity index (χ3n) is 3.05. The van der Waals surface area contributed by atoms with Gasteiger partial charge in [0.15, 0.2) is 0 Å². The number of imide groups is 1. The maximum absolute atomic E-state index is 12.1. The highest BCUT2D eigenvalue weighted by Gasteiger charge is 2.40. The van der Waals surface area contributed by atoms with Crippen molar-refractivity contribution in [3.8, 4) is 0 Å². The Balaban J connectivity index is 2.17. The minimum Gasteiger partial charge on any atom is -0.322 e. The molecule has 3 amide bonds. The SMILES string of the molecule is CC(C)N1CCCC(=O)N(C2CC2)C1=O. The fraction of sp³-hybridized carbons (Fsp3) is 0.818. The largest absolute Gasteiger partial charge is 0.327 e. The summed E-state index contributed by atoms with van der Waals surface area (Å²) in [6.07, 6.45) is 3.30. The van der Waals surface area contributed by atoms with Crippen molar-refractivity contribution < 1.29 is 9.59 Å². The first-order valence-electron chi connectivity index (χ1n) is 5.74. The Morgan fingerprint density at radius 2 is 1.93 bits per heavy atom. The maximum atomic E-state index is 12.1. The third-order valence-corrected chi connectivity index (χ3v) is 3.05. The Labute approximate surface area is 90.2 Å². The Kier molecular flexibility index (Phi) is 2.67.